The van der Waals surface area contributed by atoms with Crippen molar-refractivity contribution in [2.75, 3.05) is 19.7 Å². The van der Waals surface area contributed by atoms with Crippen LogP contribution in [-0.2, 0) is 35.2 Å². The maximum atomic E-state index is 14.6. The molecular formula is C34H36BrN3O7. The molecule has 7 atom stereocenters. The molecule has 6 rings (SSSR count). The lowest BCUT2D eigenvalue weighted by Crippen LogP contribution is -2.56. The Bertz CT molecular complexity index is 1520. The number of aliphatic hydroxyl groups excluding tert-OH is 1. The van der Waals surface area contributed by atoms with Gasteiger partial charge in [0.15, 0.2) is 0 Å². The van der Waals surface area contributed by atoms with Crippen molar-refractivity contribution < 1.29 is 33.8 Å². The zero-order chi connectivity index (χ0) is 31.7. The second-order valence-electron chi connectivity index (χ2n) is 11.9. The SMILES string of the molecule is C[C@H]1NC(=O)CC/C=C\CN(Cc2ccccc2)C(=O)[C@@H]2N(CCO)C(=O)[C@H]3[C@H](C(=O)O[C@@H]1c1ccccc1)[C@H]1O[C@@]23C=C1Br. The lowest BCUT2D eigenvalue weighted by Gasteiger charge is -2.35. The van der Waals surface area contributed by atoms with Crippen molar-refractivity contribution in [1.82, 2.24) is 15.1 Å². The number of rotatable bonds is 5. The second kappa shape index (κ2) is 12.9. The van der Waals surface area contributed by atoms with Gasteiger partial charge in [0.05, 0.1) is 18.6 Å². The number of carbonyl (C=O) groups is 4. The highest BCUT2D eigenvalue weighted by Crippen LogP contribution is 2.59. The van der Waals surface area contributed by atoms with Gasteiger partial charge in [-0.2, -0.15) is 0 Å². The van der Waals surface area contributed by atoms with Crippen LogP contribution in [0.15, 0.2) is 83.4 Å². The van der Waals surface area contributed by atoms with E-state index in [1.165, 1.54) is 4.90 Å². The number of fused-ring (bicyclic) bond motifs is 2. The topological polar surface area (TPSA) is 125 Å². The lowest BCUT2D eigenvalue weighted by molar-refractivity contribution is -0.161. The first-order valence-corrected chi connectivity index (χ1v) is 16.0. The van der Waals surface area contributed by atoms with E-state index in [2.05, 4.69) is 21.2 Å². The van der Waals surface area contributed by atoms with Crippen molar-refractivity contribution in [2.45, 2.75) is 56.2 Å². The van der Waals surface area contributed by atoms with E-state index in [0.717, 1.165) is 5.56 Å². The summed E-state index contributed by atoms with van der Waals surface area (Å²) in [6, 6.07) is 17.0. The van der Waals surface area contributed by atoms with Crippen LogP contribution >= 0.6 is 15.9 Å². The highest BCUT2D eigenvalue weighted by atomic mass is 79.9. The van der Waals surface area contributed by atoms with Crippen LogP contribution in [0, 0.1) is 11.8 Å². The summed E-state index contributed by atoms with van der Waals surface area (Å²) in [4.78, 5) is 58.8. The van der Waals surface area contributed by atoms with E-state index in [9.17, 15) is 24.3 Å². The summed E-state index contributed by atoms with van der Waals surface area (Å²) in [5.74, 6) is -3.77. The summed E-state index contributed by atoms with van der Waals surface area (Å²) in [6.45, 7) is 1.80. The molecule has 2 N–H and O–H groups in total. The van der Waals surface area contributed by atoms with Crippen molar-refractivity contribution in [3.05, 3.63) is 94.5 Å². The number of cyclic esters (lactones) is 1. The van der Waals surface area contributed by atoms with Crippen LogP contribution in [0.3, 0.4) is 0 Å². The molecule has 1 spiro atoms. The molecule has 0 aliphatic carbocycles. The zero-order valence-corrected chi connectivity index (χ0v) is 26.5. The molecule has 2 aromatic rings. The maximum absolute atomic E-state index is 14.6. The lowest BCUT2D eigenvalue weighted by atomic mass is 9.74. The zero-order valence-electron chi connectivity index (χ0n) is 24.9. The minimum atomic E-state index is -1.44. The van der Waals surface area contributed by atoms with Gasteiger partial charge in [-0.05, 0) is 30.5 Å². The van der Waals surface area contributed by atoms with Crippen molar-refractivity contribution in [3.63, 3.8) is 0 Å². The second-order valence-corrected chi connectivity index (χ2v) is 12.8. The molecule has 11 heteroatoms. The molecule has 10 nitrogen and oxygen atoms in total. The Morgan fingerprint density at radius 3 is 2.40 bits per heavy atom. The molecule has 4 heterocycles. The third-order valence-corrected chi connectivity index (χ3v) is 9.73. The quantitative estimate of drug-likeness (QED) is 0.368. The van der Waals surface area contributed by atoms with E-state index in [4.69, 9.17) is 9.47 Å². The molecule has 2 fully saturated rings. The molecule has 3 amide bonds. The van der Waals surface area contributed by atoms with Crippen LogP contribution in [0.2, 0.25) is 0 Å². The fourth-order valence-electron chi connectivity index (χ4n) is 7.06. The van der Waals surface area contributed by atoms with Gasteiger partial charge in [0.2, 0.25) is 17.7 Å². The number of hydrogen-bond acceptors (Lipinski definition) is 7. The van der Waals surface area contributed by atoms with Gasteiger partial charge in [0.25, 0.3) is 0 Å². The highest BCUT2D eigenvalue weighted by molar-refractivity contribution is 9.11. The molecule has 4 aliphatic rings. The van der Waals surface area contributed by atoms with Gasteiger partial charge < -0.3 is 29.7 Å². The van der Waals surface area contributed by atoms with Crippen molar-refractivity contribution in [2.24, 2.45) is 11.8 Å². The Kier molecular flexibility index (Phi) is 8.94. The molecule has 45 heavy (non-hydrogen) atoms. The van der Waals surface area contributed by atoms with Gasteiger partial charge in [-0.15, -0.1) is 0 Å². The number of likely N-dealkylation sites (tertiary alicyclic amines) is 1. The fraction of sp³-hybridized carbons (Fsp3) is 0.412. The number of carbonyl (C=O) groups excluding carboxylic acids is 4. The van der Waals surface area contributed by atoms with Crippen LogP contribution in [0.1, 0.15) is 37.0 Å². The molecule has 4 aliphatic heterocycles. The monoisotopic (exact) mass is 677 g/mol. The molecule has 5 bridgehead atoms. The average molecular weight is 679 g/mol. The number of esters is 1. The maximum Gasteiger partial charge on any atom is 0.313 e. The Morgan fingerprint density at radius 2 is 1.69 bits per heavy atom. The summed E-state index contributed by atoms with van der Waals surface area (Å²) < 4.78 is 13.2. The summed E-state index contributed by atoms with van der Waals surface area (Å²) in [5, 5.41) is 13.0. The molecule has 0 saturated carbocycles. The molecule has 0 radical (unpaired) electrons. The van der Waals surface area contributed by atoms with E-state index in [1.54, 1.807) is 17.9 Å². The summed E-state index contributed by atoms with van der Waals surface area (Å²) >= 11 is 3.56. The van der Waals surface area contributed by atoms with E-state index in [1.807, 2.05) is 72.8 Å². The van der Waals surface area contributed by atoms with E-state index >= 15 is 0 Å². The van der Waals surface area contributed by atoms with Gasteiger partial charge in [0, 0.05) is 30.5 Å². The van der Waals surface area contributed by atoms with Crippen LogP contribution in [0.4, 0.5) is 0 Å². The molecule has 2 aromatic carbocycles. The fourth-order valence-corrected chi connectivity index (χ4v) is 7.80. The largest absolute Gasteiger partial charge is 0.455 e. The number of amides is 3. The number of β-amino-alcohol motifs (C(OH)–C–C–N with tert-alkyl or cyclic N) is 1. The number of benzene rings is 2. The minimum Gasteiger partial charge on any atom is -0.455 e. The average Bonchev–Trinajstić information content (AvgIpc) is 3.62. The van der Waals surface area contributed by atoms with Gasteiger partial charge in [-0.3, -0.25) is 19.2 Å². The molecular weight excluding hydrogens is 642 g/mol. The smallest absolute Gasteiger partial charge is 0.313 e. The Hall–Kier alpha value is -3.80. The van der Waals surface area contributed by atoms with Gasteiger partial charge >= 0.3 is 5.97 Å². The highest BCUT2D eigenvalue weighted by Gasteiger charge is 2.75. The van der Waals surface area contributed by atoms with E-state index in [0.29, 0.717) is 16.5 Å². The number of allylic oxidation sites excluding steroid dienone is 1. The third-order valence-electron chi connectivity index (χ3n) is 9.05. The minimum absolute atomic E-state index is 0.0978. The van der Waals surface area contributed by atoms with E-state index < -0.39 is 53.6 Å². The number of hydrogen-bond donors (Lipinski definition) is 2. The van der Waals surface area contributed by atoms with Gasteiger partial charge in [-0.25, -0.2) is 0 Å². The standard InChI is InChI=1S/C34H36BrN3O7/c1-21-28(23-13-7-3-8-14-23)44-33(43)26-27-31(41)38(17-18-39)30(34(27)19-24(35)29(26)45-34)32(42)37(20-22-11-5-2-6-12-22)16-10-4-9-15-25(40)36-21/h2-8,10-14,19,21,26-30,39H,9,15-18,20H2,1H3,(H,36,40)/b10-4-/t21-,26+,27-,28+,29+,30+,34-/m1/s1. The molecule has 236 valence electrons. The number of halogens is 1. The van der Waals surface area contributed by atoms with Crippen molar-refractivity contribution in [3.8, 4) is 0 Å². The first-order valence-electron chi connectivity index (χ1n) is 15.2. The van der Waals surface area contributed by atoms with Gasteiger partial charge in [-0.1, -0.05) is 88.7 Å². The van der Waals surface area contributed by atoms with Crippen LogP contribution in [0.5, 0.6) is 0 Å². The Labute approximate surface area is 270 Å². The Balaban J connectivity index is 1.43. The summed E-state index contributed by atoms with van der Waals surface area (Å²) in [5.41, 5.74) is 0.145. The predicted molar refractivity (Wildman–Crippen MR) is 167 cm³/mol. The van der Waals surface area contributed by atoms with Crippen LogP contribution in [-0.4, -0.2) is 82.1 Å². The normalized spacial score (nSPS) is 32.6. The Morgan fingerprint density at radius 1 is 0.978 bits per heavy atom. The number of nitrogens with one attached hydrogen (secondary N) is 1. The molecule has 2 saturated heterocycles. The summed E-state index contributed by atoms with van der Waals surface area (Å²) in [6.07, 6.45) is 4.43. The number of aliphatic hydroxyl groups is 1. The first-order chi connectivity index (χ1) is 21.7. The van der Waals surface area contributed by atoms with Gasteiger partial charge in [0.1, 0.15) is 29.8 Å². The van der Waals surface area contributed by atoms with Crippen LogP contribution in [0.25, 0.3) is 0 Å². The first kappa shape index (κ1) is 31.2. The number of ether oxygens (including phenoxy) is 2. The molecule has 0 unspecified atom stereocenters. The van der Waals surface area contributed by atoms with E-state index in [-0.39, 0.29) is 44.5 Å². The predicted octanol–water partition coefficient (Wildman–Crippen LogP) is 3.02. The van der Waals surface area contributed by atoms with Crippen molar-refractivity contribution >= 4 is 39.6 Å². The number of nitrogens with zero attached hydrogens (tertiary/aromatic N) is 2. The van der Waals surface area contributed by atoms with Crippen LogP contribution < -0.4 is 5.32 Å². The summed E-state index contributed by atoms with van der Waals surface area (Å²) in [7, 11) is 0. The third kappa shape index (κ3) is 5.73. The molecule has 0 aromatic heterocycles. The van der Waals surface area contributed by atoms with Crippen molar-refractivity contribution in [1.29, 1.82) is 0 Å².